The molecule has 0 radical (unpaired) electrons. The maximum absolute atomic E-state index is 13.4. The Balaban J connectivity index is 2.18. The smallest absolute Gasteiger partial charge is 0.336 e. The molecule has 1 heterocycles. The lowest BCUT2D eigenvalue weighted by molar-refractivity contribution is -0.140. The molecule has 7 heteroatoms. The van der Waals surface area contributed by atoms with Crippen LogP contribution in [-0.4, -0.2) is 46.3 Å². The zero-order valence-corrected chi connectivity index (χ0v) is 19.1. The molecular formula is C24H31NO6. The minimum Gasteiger partial charge on any atom is -0.497 e. The number of ether oxygens (including phenoxy) is 4. The third-order valence-electron chi connectivity index (χ3n) is 5.73. The maximum Gasteiger partial charge on any atom is 0.336 e. The van der Waals surface area contributed by atoms with E-state index in [1.54, 1.807) is 33.5 Å². The van der Waals surface area contributed by atoms with Gasteiger partial charge in [0.25, 0.3) is 0 Å². The van der Waals surface area contributed by atoms with Crippen LogP contribution in [0.4, 0.5) is 0 Å². The molecule has 3 rings (SSSR count). The normalized spacial score (nSPS) is 20.2. The van der Waals surface area contributed by atoms with Gasteiger partial charge in [-0.1, -0.05) is 13.8 Å². The van der Waals surface area contributed by atoms with Gasteiger partial charge in [-0.05, 0) is 37.0 Å². The van der Waals surface area contributed by atoms with Crippen LogP contribution in [0.25, 0.3) is 0 Å². The minimum absolute atomic E-state index is 0.0170. The number of rotatable bonds is 7. The van der Waals surface area contributed by atoms with Crippen molar-refractivity contribution in [2.45, 2.75) is 39.5 Å². The van der Waals surface area contributed by atoms with Crippen molar-refractivity contribution >= 4 is 11.8 Å². The molecule has 168 valence electrons. The van der Waals surface area contributed by atoms with E-state index in [0.717, 1.165) is 5.70 Å². The molecule has 1 atom stereocenters. The maximum atomic E-state index is 13.4. The fraction of sp³-hybridized carbons (Fsp3) is 0.500. The van der Waals surface area contributed by atoms with Crippen LogP contribution in [0.5, 0.6) is 11.5 Å². The van der Waals surface area contributed by atoms with Gasteiger partial charge in [-0.15, -0.1) is 0 Å². The molecule has 0 bridgehead atoms. The first-order valence-electron chi connectivity index (χ1n) is 10.3. The lowest BCUT2D eigenvalue weighted by atomic mass is 9.68. The van der Waals surface area contributed by atoms with Crippen LogP contribution in [0.1, 0.15) is 45.1 Å². The van der Waals surface area contributed by atoms with E-state index in [9.17, 15) is 9.59 Å². The van der Waals surface area contributed by atoms with E-state index in [1.807, 2.05) is 13.0 Å². The van der Waals surface area contributed by atoms with E-state index in [0.29, 0.717) is 53.4 Å². The SMILES string of the molecule is COCCOC(=O)C1=C(C)NC2=C(C(=O)CC(C)(C)C2)[C@H]1c1cc(OC)ccc1OC. The highest BCUT2D eigenvalue weighted by Crippen LogP contribution is 2.49. The van der Waals surface area contributed by atoms with E-state index < -0.39 is 11.9 Å². The number of allylic oxidation sites excluding steroid dienone is 3. The Morgan fingerprint density at radius 3 is 2.52 bits per heavy atom. The quantitative estimate of drug-likeness (QED) is 0.525. The number of carbonyl (C=O) groups excluding carboxylic acids is 2. The summed E-state index contributed by atoms with van der Waals surface area (Å²) in [5.41, 5.74) is 3.04. The standard InChI is InChI=1S/C24H31NO6/c1-14-20(23(27)31-10-9-28-4)21(16-11-15(29-5)7-8-19(16)30-6)22-17(25-14)12-24(2,3)13-18(22)26/h7-8,11,21,25H,9-10,12-13H2,1-6H3/t21-/m0/s1. The molecule has 1 aromatic carbocycles. The van der Waals surface area contributed by atoms with Gasteiger partial charge in [0.1, 0.15) is 18.1 Å². The van der Waals surface area contributed by atoms with Gasteiger partial charge in [-0.25, -0.2) is 4.79 Å². The number of ketones is 1. The molecule has 0 saturated heterocycles. The predicted molar refractivity (Wildman–Crippen MR) is 116 cm³/mol. The number of hydrogen-bond acceptors (Lipinski definition) is 7. The van der Waals surface area contributed by atoms with Gasteiger partial charge in [0, 0.05) is 36.1 Å². The Labute approximate surface area is 183 Å². The number of benzene rings is 1. The van der Waals surface area contributed by atoms with Gasteiger partial charge in [0.15, 0.2) is 5.78 Å². The van der Waals surface area contributed by atoms with Gasteiger partial charge in [0.2, 0.25) is 0 Å². The molecule has 31 heavy (non-hydrogen) atoms. The van der Waals surface area contributed by atoms with Crippen LogP contribution < -0.4 is 14.8 Å². The van der Waals surface area contributed by atoms with Crippen molar-refractivity contribution in [3.05, 3.63) is 46.3 Å². The number of Topliss-reactive ketones (excluding diaryl/α,β-unsaturated/α-hetero) is 1. The highest BCUT2D eigenvalue weighted by Gasteiger charge is 2.44. The second-order valence-electron chi connectivity index (χ2n) is 8.67. The molecule has 0 unspecified atom stereocenters. The Morgan fingerprint density at radius 1 is 1.13 bits per heavy atom. The van der Waals surface area contributed by atoms with E-state index in [4.69, 9.17) is 18.9 Å². The molecule has 7 nitrogen and oxygen atoms in total. The van der Waals surface area contributed by atoms with Crippen molar-refractivity contribution in [2.75, 3.05) is 34.5 Å². The predicted octanol–water partition coefficient (Wildman–Crippen LogP) is 3.50. The van der Waals surface area contributed by atoms with Crippen molar-refractivity contribution in [1.29, 1.82) is 0 Å². The van der Waals surface area contributed by atoms with Gasteiger partial charge >= 0.3 is 5.97 Å². The summed E-state index contributed by atoms with van der Waals surface area (Å²) in [4.78, 5) is 26.5. The second-order valence-corrected chi connectivity index (χ2v) is 8.67. The lowest BCUT2D eigenvalue weighted by Gasteiger charge is -2.39. The van der Waals surface area contributed by atoms with Gasteiger partial charge in [-0.3, -0.25) is 4.79 Å². The summed E-state index contributed by atoms with van der Waals surface area (Å²) in [5.74, 6) is 0.112. The van der Waals surface area contributed by atoms with Crippen molar-refractivity contribution in [2.24, 2.45) is 5.41 Å². The zero-order valence-electron chi connectivity index (χ0n) is 19.1. The first-order chi connectivity index (χ1) is 14.7. The molecule has 0 fully saturated rings. The molecule has 0 spiro atoms. The molecule has 2 aliphatic rings. The van der Waals surface area contributed by atoms with Crippen LogP contribution in [-0.2, 0) is 19.1 Å². The first-order valence-corrected chi connectivity index (χ1v) is 10.3. The number of carbonyl (C=O) groups is 2. The topological polar surface area (TPSA) is 83.1 Å². The van der Waals surface area contributed by atoms with E-state index in [-0.39, 0.29) is 17.8 Å². The van der Waals surface area contributed by atoms with Gasteiger partial charge < -0.3 is 24.3 Å². The van der Waals surface area contributed by atoms with Crippen molar-refractivity contribution in [3.63, 3.8) is 0 Å². The number of dihydropyridines is 1. The van der Waals surface area contributed by atoms with Crippen LogP contribution >= 0.6 is 0 Å². The van der Waals surface area contributed by atoms with Crippen LogP contribution in [0, 0.1) is 5.41 Å². The Bertz CT molecular complexity index is 943. The molecule has 0 aromatic heterocycles. The Hall–Kier alpha value is -2.80. The number of methoxy groups -OCH3 is 3. The third-order valence-corrected chi connectivity index (χ3v) is 5.73. The summed E-state index contributed by atoms with van der Waals surface area (Å²) in [6, 6.07) is 5.40. The summed E-state index contributed by atoms with van der Waals surface area (Å²) >= 11 is 0. The Kier molecular flexibility index (Phi) is 6.74. The van der Waals surface area contributed by atoms with Gasteiger partial charge in [0.05, 0.1) is 32.3 Å². The molecule has 1 N–H and O–H groups in total. The van der Waals surface area contributed by atoms with Crippen molar-refractivity contribution in [1.82, 2.24) is 5.32 Å². The highest BCUT2D eigenvalue weighted by atomic mass is 16.6. The molecule has 0 amide bonds. The molecule has 0 saturated carbocycles. The van der Waals surface area contributed by atoms with E-state index >= 15 is 0 Å². The van der Waals surface area contributed by atoms with E-state index in [2.05, 4.69) is 19.2 Å². The molecule has 1 aliphatic carbocycles. The fourth-order valence-electron chi connectivity index (χ4n) is 4.38. The van der Waals surface area contributed by atoms with Crippen molar-refractivity contribution in [3.8, 4) is 11.5 Å². The minimum atomic E-state index is -0.611. The lowest BCUT2D eigenvalue weighted by Crippen LogP contribution is -2.39. The highest BCUT2D eigenvalue weighted by molar-refractivity contribution is 6.04. The van der Waals surface area contributed by atoms with Crippen molar-refractivity contribution < 1.29 is 28.5 Å². The summed E-state index contributed by atoms with van der Waals surface area (Å²) < 4.78 is 21.5. The average Bonchev–Trinajstić information content (AvgIpc) is 2.71. The van der Waals surface area contributed by atoms with Crippen LogP contribution in [0.2, 0.25) is 0 Å². The molecular weight excluding hydrogens is 398 g/mol. The van der Waals surface area contributed by atoms with Crippen LogP contribution in [0.15, 0.2) is 40.7 Å². The summed E-state index contributed by atoms with van der Waals surface area (Å²) in [5, 5.41) is 3.33. The number of nitrogens with one attached hydrogen (secondary N) is 1. The summed E-state index contributed by atoms with van der Waals surface area (Å²) in [6.07, 6.45) is 1.11. The van der Waals surface area contributed by atoms with Gasteiger partial charge in [-0.2, -0.15) is 0 Å². The third kappa shape index (κ3) is 4.61. The fourth-order valence-corrected chi connectivity index (χ4v) is 4.38. The Morgan fingerprint density at radius 2 is 1.87 bits per heavy atom. The largest absolute Gasteiger partial charge is 0.497 e. The molecule has 1 aromatic rings. The summed E-state index contributed by atoms with van der Waals surface area (Å²) in [7, 11) is 4.69. The average molecular weight is 430 g/mol. The zero-order chi connectivity index (χ0) is 22.8. The number of hydrogen-bond donors (Lipinski definition) is 1. The summed E-state index contributed by atoms with van der Waals surface area (Å²) in [6.45, 7) is 6.40. The second kappa shape index (κ2) is 9.14. The van der Waals surface area contributed by atoms with E-state index in [1.165, 1.54) is 0 Å². The number of esters is 1. The monoisotopic (exact) mass is 429 g/mol. The first kappa shape index (κ1) is 22.9. The van der Waals surface area contributed by atoms with Crippen LogP contribution in [0.3, 0.4) is 0 Å². The molecule has 1 aliphatic heterocycles.